The molecule has 10 nitrogen and oxygen atoms in total. The summed E-state index contributed by atoms with van der Waals surface area (Å²) >= 11 is 6.92. The molecule has 3 N–H and O–H groups in total. The van der Waals surface area contributed by atoms with E-state index >= 15 is 0 Å². The molecule has 1 aliphatic carbocycles. The number of carbonyl (C=O) groups excluding carboxylic acids is 1. The summed E-state index contributed by atoms with van der Waals surface area (Å²) in [7, 11) is 0. The van der Waals surface area contributed by atoms with Gasteiger partial charge in [0.25, 0.3) is 0 Å². The van der Waals surface area contributed by atoms with Gasteiger partial charge in [-0.05, 0) is 91.5 Å². The molecule has 2 atom stereocenters. The average Bonchev–Trinajstić information content (AvgIpc) is 3.80. The quantitative estimate of drug-likeness (QED) is 0.112. The third-order valence-electron chi connectivity index (χ3n) is 10.7. The lowest BCUT2D eigenvalue weighted by atomic mass is 9.93. The number of hydrogen-bond donors (Lipinski definition) is 3. The lowest BCUT2D eigenvalue weighted by Gasteiger charge is -2.29. The minimum Gasteiger partial charge on any atom is -0.493 e. The van der Waals surface area contributed by atoms with E-state index in [0.29, 0.717) is 48.2 Å². The number of nitriles is 1. The van der Waals surface area contributed by atoms with Gasteiger partial charge in [0.15, 0.2) is 0 Å². The Hall–Kier alpha value is -4.66. The van der Waals surface area contributed by atoms with E-state index in [9.17, 15) is 15.2 Å². The number of pyridine rings is 1. The highest BCUT2D eigenvalue weighted by Gasteiger charge is 2.29. The molecule has 1 unspecified atom stereocenters. The highest BCUT2D eigenvalue weighted by molar-refractivity contribution is 6.32. The van der Waals surface area contributed by atoms with Crippen molar-refractivity contribution < 1.29 is 24.1 Å². The van der Waals surface area contributed by atoms with Crippen molar-refractivity contribution in [3.63, 3.8) is 0 Å². The van der Waals surface area contributed by atoms with Gasteiger partial charge < -0.3 is 34.9 Å². The molecule has 4 aromatic rings. The Labute approximate surface area is 322 Å². The Morgan fingerprint density at radius 2 is 1.83 bits per heavy atom. The fraction of sp³-hybridized carbons (Fsp3) is 0.419. The van der Waals surface area contributed by atoms with Crippen molar-refractivity contribution in [2.24, 2.45) is 0 Å². The molecule has 11 heteroatoms. The summed E-state index contributed by atoms with van der Waals surface area (Å²) in [6.45, 7) is 6.99. The van der Waals surface area contributed by atoms with Gasteiger partial charge in [-0.15, -0.1) is 0 Å². The molecule has 0 saturated carbocycles. The van der Waals surface area contributed by atoms with Gasteiger partial charge in [0.2, 0.25) is 5.91 Å². The van der Waals surface area contributed by atoms with Crippen molar-refractivity contribution in [3.05, 3.63) is 105 Å². The van der Waals surface area contributed by atoms with Gasteiger partial charge in [-0.1, -0.05) is 41.9 Å². The smallest absolute Gasteiger partial charge is 0.220 e. The van der Waals surface area contributed by atoms with E-state index in [2.05, 4.69) is 69.9 Å². The van der Waals surface area contributed by atoms with Crippen LogP contribution >= 0.6 is 11.6 Å². The molecule has 3 aliphatic rings. The van der Waals surface area contributed by atoms with Gasteiger partial charge in [-0.3, -0.25) is 9.78 Å². The summed E-state index contributed by atoms with van der Waals surface area (Å²) in [6.07, 6.45) is 8.55. The van der Waals surface area contributed by atoms with Crippen molar-refractivity contribution in [1.29, 1.82) is 5.26 Å². The molecule has 1 aromatic heterocycles. The minimum atomic E-state index is -0.188. The first-order valence-electron chi connectivity index (χ1n) is 19.1. The standard InChI is InChI=1S/C43H48ClN5O5/c1-28-34(5-3-8-39(28)52-18-4-15-49-16-13-33(50)14-17-49)35-6-2-7-37-36(35)10-11-40(37)54-42-21-41(53-27-30-19-29(22-45)23-46-24-30)31(20-38(42)44)25-47-26-32-9-12-43(51)48-32/h2-3,5-8,19-21,23-24,32-33,40,47,50H,4,9-18,25-27H2,1H3,(H,48,51)/t32?,40-/m0/s1. The zero-order valence-electron chi connectivity index (χ0n) is 30.8. The van der Waals surface area contributed by atoms with Crippen LogP contribution in [0.3, 0.4) is 0 Å². The first kappa shape index (κ1) is 37.6. The van der Waals surface area contributed by atoms with Crippen LogP contribution in [0.5, 0.6) is 17.2 Å². The van der Waals surface area contributed by atoms with Gasteiger partial charge in [0.05, 0.1) is 23.3 Å². The van der Waals surface area contributed by atoms with Crippen LogP contribution in [0, 0.1) is 18.3 Å². The average molecular weight is 750 g/mol. The van der Waals surface area contributed by atoms with E-state index < -0.39 is 0 Å². The summed E-state index contributed by atoms with van der Waals surface area (Å²) in [5.41, 5.74) is 8.00. The zero-order chi connectivity index (χ0) is 37.4. The number of aromatic nitrogens is 1. The highest BCUT2D eigenvalue weighted by atomic mass is 35.5. The number of ether oxygens (including phenoxy) is 3. The normalized spacial score (nSPS) is 18.6. The number of halogens is 1. The van der Waals surface area contributed by atoms with E-state index in [-0.39, 0.29) is 30.8 Å². The van der Waals surface area contributed by atoms with Crippen LogP contribution in [0.1, 0.15) is 78.0 Å². The molecular formula is C43H48ClN5O5. The maximum atomic E-state index is 11.7. The summed E-state index contributed by atoms with van der Waals surface area (Å²) in [5.74, 6) is 2.15. The van der Waals surface area contributed by atoms with Crippen LogP contribution in [-0.4, -0.2) is 65.8 Å². The van der Waals surface area contributed by atoms with E-state index in [4.69, 9.17) is 25.8 Å². The van der Waals surface area contributed by atoms with Crippen LogP contribution in [-0.2, 0) is 24.4 Å². The Bertz CT molecular complexity index is 1990. The molecule has 2 aliphatic heterocycles. The Morgan fingerprint density at radius 3 is 2.65 bits per heavy atom. The van der Waals surface area contributed by atoms with E-state index in [0.717, 1.165) is 91.7 Å². The molecular weight excluding hydrogens is 702 g/mol. The number of rotatable bonds is 15. The minimum absolute atomic E-state index is 0.0829. The number of aliphatic hydroxyl groups is 1. The predicted molar refractivity (Wildman–Crippen MR) is 208 cm³/mol. The summed E-state index contributed by atoms with van der Waals surface area (Å²) in [6, 6.07) is 20.5. The molecule has 2 saturated heterocycles. The Kier molecular flexibility index (Phi) is 12.3. The Morgan fingerprint density at radius 1 is 1.00 bits per heavy atom. The van der Waals surface area contributed by atoms with Crippen molar-refractivity contribution >= 4 is 17.5 Å². The number of fused-ring (bicyclic) bond motifs is 1. The molecule has 282 valence electrons. The van der Waals surface area contributed by atoms with E-state index in [1.165, 1.54) is 17.3 Å². The number of piperidine rings is 1. The lowest BCUT2D eigenvalue weighted by Crippen LogP contribution is -2.36. The summed E-state index contributed by atoms with van der Waals surface area (Å²) in [4.78, 5) is 18.3. The maximum Gasteiger partial charge on any atom is 0.220 e. The molecule has 2 fully saturated rings. The van der Waals surface area contributed by atoms with Crippen LogP contribution < -0.4 is 24.8 Å². The molecule has 7 rings (SSSR count). The number of amides is 1. The number of carbonyl (C=O) groups is 1. The number of hydrogen-bond acceptors (Lipinski definition) is 9. The Balaban J connectivity index is 1.05. The first-order valence-corrected chi connectivity index (χ1v) is 19.4. The van der Waals surface area contributed by atoms with Crippen LogP contribution in [0.25, 0.3) is 11.1 Å². The molecule has 54 heavy (non-hydrogen) atoms. The molecule has 0 spiro atoms. The van der Waals surface area contributed by atoms with Crippen LogP contribution in [0.4, 0.5) is 0 Å². The fourth-order valence-corrected chi connectivity index (χ4v) is 7.99. The van der Waals surface area contributed by atoms with Crippen LogP contribution in [0.2, 0.25) is 5.02 Å². The molecule has 0 bridgehead atoms. The topological polar surface area (TPSA) is 129 Å². The van der Waals surface area contributed by atoms with Gasteiger partial charge in [0.1, 0.15) is 36.0 Å². The molecule has 0 radical (unpaired) electrons. The van der Waals surface area contributed by atoms with Crippen molar-refractivity contribution in [2.45, 2.75) is 83.3 Å². The van der Waals surface area contributed by atoms with Crippen molar-refractivity contribution in [2.75, 3.05) is 32.8 Å². The highest BCUT2D eigenvalue weighted by Crippen LogP contribution is 2.44. The van der Waals surface area contributed by atoms with E-state index in [1.54, 1.807) is 12.3 Å². The largest absolute Gasteiger partial charge is 0.493 e. The summed E-state index contributed by atoms with van der Waals surface area (Å²) < 4.78 is 19.4. The van der Waals surface area contributed by atoms with Crippen molar-refractivity contribution in [3.8, 4) is 34.4 Å². The second-order valence-corrected chi connectivity index (χ2v) is 14.9. The number of likely N-dealkylation sites (tertiary alicyclic amines) is 1. The van der Waals surface area contributed by atoms with Gasteiger partial charge in [-0.25, -0.2) is 0 Å². The molecule has 1 amide bonds. The predicted octanol–water partition coefficient (Wildman–Crippen LogP) is 6.82. The van der Waals surface area contributed by atoms with Gasteiger partial charge in [-0.2, -0.15) is 5.26 Å². The van der Waals surface area contributed by atoms with Gasteiger partial charge in [0, 0.05) is 74.8 Å². The zero-order valence-corrected chi connectivity index (χ0v) is 31.5. The van der Waals surface area contributed by atoms with Crippen LogP contribution in [0.15, 0.2) is 67.0 Å². The number of nitrogens with one attached hydrogen (secondary N) is 2. The second kappa shape index (κ2) is 17.7. The number of nitrogens with zero attached hydrogens (tertiary/aromatic N) is 3. The number of aliphatic hydroxyl groups excluding tert-OH is 1. The fourth-order valence-electron chi connectivity index (χ4n) is 7.76. The van der Waals surface area contributed by atoms with Gasteiger partial charge >= 0.3 is 0 Å². The monoisotopic (exact) mass is 749 g/mol. The SMILES string of the molecule is Cc1c(OCCCN2CCC(O)CC2)cccc1-c1cccc2c1CC[C@@H]2Oc1cc(OCc2cncc(C#N)c2)c(CNCC2CCC(=O)N2)cc1Cl. The third kappa shape index (κ3) is 9.16. The maximum absolute atomic E-state index is 11.7. The van der Waals surface area contributed by atoms with Crippen molar-refractivity contribution in [1.82, 2.24) is 20.5 Å². The molecule has 3 heterocycles. The second-order valence-electron chi connectivity index (χ2n) is 14.5. The van der Waals surface area contributed by atoms with E-state index in [1.807, 2.05) is 12.1 Å². The summed E-state index contributed by atoms with van der Waals surface area (Å²) in [5, 5.41) is 26.1. The molecule has 3 aromatic carbocycles. The number of benzene rings is 3. The third-order valence-corrected chi connectivity index (χ3v) is 11.0. The first-order chi connectivity index (χ1) is 26.3. The lowest BCUT2D eigenvalue weighted by molar-refractivity contribution is -0.119.